The first-order valence-electron chi connectivity index (χ1n) is 37.1. The lowest BCUT2D eigenvalue weighted by Crippen LogP contribution is -3.00. The van der Waals surface area contributed by atoms with Gasteiger partial charge in [-0.2, -0.15) is 0 Å². The minimum Gasteiger partial charge on any atom is -1.00 e. The summed E-state index contributed by atoms with van der Waals surface area (Å²) >= 11 is 18.2. The van der Waals surface area contributed by atoms with E-state index in [4.69, 9.17) is 72.7 Å². The lowest BCUT2D eigenvalue weighted by atomic mass is 9.73. The molecule has 4 atom stereocenters. The maximum atomic E-state index is 13.7. The van der Waals surface area contributed by atoms with E-state index in [2.05, 4.69) is 47.2 Å². The fraction of sp³-hybridized carbons (Fsp3) is 0.442. The fourth-order valence-corrected chi connectivity index (χ4v) is 13.7. The summed E-state index contributed by atoms with van der Waals surface area (Å²) in [5.41, 5.74) is 7.68. The molecule has 0 N–H and O–H groups in total. The van der Waals surface area contributed by atoms with Gasteiger partial charge in [0.1, 0.15) is 30.5 Å². The minimum atomic E-state index is -1.28. The Morgan fingerprint density at radius 1 is 0.459 bits per heavy atom. The molecule has 4 unspecified atom stereocenters. The molecule has 3 amide bonds. The van der Waals surface area contributed by atoms with Crippen LogP contribution >= 0.6 is 34.8 Å². The van der Waals surface area contributed by atoms with Crippen molar-refractivity contribution in [2.45, 2.75) is 90.3 Å². The normalized spacial score (nSPS) is 16.7. The van der Waals surface area contributed by atoms with Gasteiger partial charge in [-0.05, 0) is 154 Å². The highest BCUT2D eigenvalue weighted by atomic mass is 127. The first kappa shape index (κ1) is 92.0. The van der Waals surface area contributed by atoms with E-state index in [0.29, 0.717) is 108 Å². The zero-order chi connectivity index (χ0) is 80.2. The summed E-state index contributed by atoms with van der Waals surface area (Å²) < 4.78 is 46.3. The Balaban J connectivity index is 0.000000259. The van der Waals surface area contributed by atoms with Gasteiger partial charge < -0.3 is 100 Å². The Hall–Kier alpha value is -7.88. The monoisotopic (exact) mass is 1700 g/mol. The fourth-order valence-electron chi connectivity index (χ4n) is 13.3. The number of nitrogens with zero attached hydrogens (tertiary/aromatic N) is 6. The zero-order valence-corrected chi connectivity index (χ0v) is 71.1. The second-order valence-corrected chi connectivity index (χ2v) is 31.1. The number of aliphatic carboxylic acids is 1. The van der Waals surface area contributed by atoms with Crippen molar-refractivity contribution in [2.75, 3.05) is 157 Å². The number of ether oxygens (including phenoxy) is 8. The van der Waals surface area contributed by atoms with E-state index in [1.54, 1.807) is 100 Å². The summed E-state index contributed by atoms with van der Waals surface area (Å²) in [6.07, 6.45) is 3.57. The number of allylic oxidation sites excluding steroid dienone is 3. The number of amides is 3. The molecule has 0 radical (unpaired) electrons. The number of hydrogen-bond donors (Lipinski definition) is 0. The van der Waals surface area contributed by atoms with Crippen LogP contribution < -0.4 is 43.3 Å². The molecule has 3 heterocycles. The van der Waals surface area contributed by atoms with Crippen molar-refractivity contribution < 1.29 is 105 Å². The molecule has 0 saturated carbocycles. The summed E-state index contributed by atoms with van der Waals surface area (Å²) in [5.74, 6) is -2.17. The van der Waals surface area contributed by atoms with Gasteiger partial charge in [0, 0.05) is 129 Å². The molecular formula is C86H110Cl3IN6O15. The molecule has 0 aromatic heterocycles. The van der Waals surface area contributed by atoms with Gasteiger partial charge in [-0.1, -0.05) is 108 Å². The SMILES string of the molecule is COCCN1C(=O)C(Cc2ccc(OCCCN(C)C)cc2)C(c2ccc(Cl)cc2)C(C(=O)[O-])=C1C.COCCN1C(=O)CC(c2ccc(Cl)cc2)C(C(=O)OCc2ccc(OCCC[N+](C)(C)C)cc2)=C1C.COCCN1C(=O)CC(c2ccc(Cl)cc2)C(C(=O)OCc2ccc(OCCC[N+](C)(C)C)cc2)=C1C.[I-]. The standard InChI is InChI=1S/2C29H38ClN2O5.C28H35ClN2O5.HI/c2*1-21-28(26(23-9-11-24(30)12-10-23)19-27(33)31(21)15-18-35-5)29(34)37-20-22-7-13-25(14-8-22)36-17-6-16-32(2,3)4;1-19-25(28(33)34)26(21-8-10-22(29)11-9-21)24(27(32)31(19)15-17-35-4)18-20-6-12-23(13-7-20)36-16-5-14-30(2)3;/h2*7-14,26H,6,15-20H2,1-5H3;6-13,24,26H,5,14-18H2,1-4H3,(H,33,34);1H/q2*+1;;/p-2. The van der Waals surface area contributed by atoms with Gasteiger partial charge in [-0.25, -0.2) is 9.59 Å². The highest BCUT2D eigenvalue weighted by Gasteiger charge is 2.43. The van der Waals surface area contributed by atoms with E-state index < -0.39 is 41.6 Å². The van der Waals surface area contributed by atoms with Gasteiger partial charge in [-0.15, -0.1) is 0 Å². The molecule has 6 aromatic carbocycles. The number of rotatable bonds is 36. The molecule has 602 valence electrons. The Morgan fingerprint density at radius 3 is 1.14 bits per heavy atom. The summed E-state index contributed by atoms with van der Waals surface area (Å²) in [6.45, 7) is 12.5. The summed E-state index contributed by atoms with van der Waals surface area (Å²) in [4.78, 5) is 85.5. The minimum absolute atomic E-state index is 0. The van der Waals surface area contributed by atoms with Crippen molar-refractivity contribution in [3.63, 3.8) is 0 Å². The highest BCUT2D eigenvalue weighted by Crippen LogP contribution is 2.43. The summed E-state index contributed by atoms with van der Waals surface area (Å²) in [6, 6.07) is 44.2. The van der Waals surface area contributed by atoms with E-state index >= 15 is 0 Å². The van der Waals surface area contributed by atoms with E-state index in [-0.39, 0.29) is 79.9 Å². The molecular weight excluding hydrogens is 1590 g/mol. The number of methoxy groups -OCH3 is 3. The Labute approximate surface area is 688 Å². The summed E-state index contributed by atoms with van der Waals surface area (Å²) in [5, 5.41) is 14.1. The maximum Gasteiger partial charge on any atom is 0.336 e. The van der Waals surface area contributed by atoms with Crippen LogP contribution in [0.3, 0.4) is 0 Å². The van der Waals surface area contributed by atoms with Crippen molar-refractivity contribution in [1.82, 2.24) is 19.6 Å². The van der Waals surface area contributed by atoms with Crippen LogP contribution in [0, 0.1) is 5.92 Å². The molecule has 111 heavy (non-hydrogen) atoms. The number of halogens is 4. The van der Waals surface area contributed by atoms with Crippen molar-refractivity contribution in [1.29, 1.82) is 0 Å². The lowest BCUT2D eigenvalue weighted by molar-refractivity contribution is -0.870. The third-order valence-electron chi connectivity index (χ3n) is 19.2. The molecule has 25 heteroatoms. The van der Waals surface area contributed by atoms with Gasteiger partial charge in [0.15, 0.2) is 0 Å². The van der Waals surface area contributed by atoms with E-state index in [1.807, 2.05) is 111 Å². The number of esters is 2. The number of carboxylic acid groups (broad SMARTS) is 1. The van der Waals surface area contributed by atoms with E-state index in [9.17, 15) is 33.9 Å². The predicted octanol–water partition coefficient (Wildman–Crippen LogP) is 9.72. The summed E-state index contributed by atoms with van der Waals surface area (Å²) in [7, 11) is 21.7. The van der Waals surface area contributed by atoms with Crippen LogP contribution in [0.1, 0.15) is 104 Å². The number of benzene rings is 6. The van der Waals surface area contributed by atoms with Crippen LogP contribution in [0.2, 0.25) is 15.1 Å². The highest BCUT2D eigenvalue weighted by molar-refractivity contribution is 6.31. The van der Waals surface area contributed by atoms with Crippen molar-refractivity contribution >= 4 is 70.4 Å². The van der Waals surface area contributed by atoms with Crippen LogP contribution in [-0.4, -0.2) is 221 Å². The van der Waals surface area contributed by atoms with Crippen LogP contribution in [-0.2, 0) is 72.1 Å². The second-order valence-electron chi connectivity index (χ2n) is 29.8. The zero-order valence-electron chi connectivity index (χ0n) is 66.6. The number of carbonyl (C=O) groups excluding carboxylic acids is 6. The van der Waals surface area contributed by atoms with Crippen LogP contribution in [0.4, 0.5) is 0 Å². The number of carboxylic acids is 1. The van der Waals surface area contributed by atoms with Crippen LogP contribution in [0.15, 0.2) is 179 Å². The average Bonchev–Trinajstić information content (AvgIpc) is 0.765. The molecule has 0 saturated heterocycles. The number of quaternary nitrogens is 2. The number of hydrogen-bond acceptors (Lipinski definition) is 16. The molecule has 6 aromatic rings. The smallest absolute Gasteiger partial charge is 0.336 e. The quantitative estimate of drug-likeness (QED) is 0.0155. The first-order valence-corrected chi connectivity index (χ1v) is 38.3. The predicted molar refractivity (Wildman–Crippen MR) is 426 cm³/mol. The van der Waals surface area contributed by atoms with Crippen molar-refractivity contribution in [3.05, 3.63) is 228 Å². The molecule has 3 aliphatic heterocycles. The van der Waals surface area contributed by atoms with Gasteiger partial charge >= 0.3 is 11.9 Å². The van der Waals surface area contributed by atoms with E-state index in [1.165, 1.54) is 4.90 Å². The lowest BCUT2D eigenvalue weighted by Gasteiger charge is -2.41. The molecule has 0 fully saturated rings. The third kappa shape index (κ3) is 28.6. The van der Waals surface area contributed by atoms with Crippen LogP contribution in [0.5, 0.6) is 17.2 Å². The Morgan fingerprint density at radius 2 is 0.793 bits per heavy atom. The van der Waals surface area contributed by atoms with E-state index in [0.717, 1.165) is 92.9 Å². The van der Waals surface area contributed by atoms with Crippen LogP contribution in [0.25, 0.3) is 0 Å². The largest absolute Gasteiger partial charge is 1.00 e. The van der Waals surface area contributed by atoms with Gasteiger partial charge in [-0.3, -0.25) is 14.4 Å². The Kier molecular flexibility index (Phi) is 37.4. The van der Waals surface area contributed by atoms with Gasteiger partial charge in [0.25, 0.3) is 0 Å². The average molecular weight is 1700 g/mol. The van der Waals surface area contributed by atoms with Gasteiger partial charge in [0.05, 0.1) is 118 Å². The second kappa shape index (κ2) is 45.1. The molecule has 0 spiro atoms. The molecule has 3 aliphatic rings. The maximum absolute atomic E-state index is 13.7. The number of carbonyl (C=O) groups is 6. The first-order chi connectivity index (χ1) is 52.4. The molecule has 9 rings (SSSR count). The Bertz CT molecular complexity index is 3910. The topological polar surface area (TPSA) is 212 Å². The van der Waals surface area contributed by atoms with Crippen molar-refractivity contribution in [2.24, 2.45) is 5.92 Å². The van der Waals surface area contributed by atoms with Gasteiger partial charge in [0.2, 0.25) is 17.7 Å². The molecule has 21 nitrogen and oxygen atoms in total. The van der Waals surface area contributed by atoms with Crippen molar-refractivity contribution in [3.8, 4) is 17.2 Å². The molecule has 0 aliphatic carbocycles. The third-order valence-corrected chi connectivity index (χ3v) is 20.0. The molecule has 0 bridgehead atoms.